The second kappa shape index (κ2) is 7.51. The molecular weight excluding hydrogens is 344 g/mol. The highest BCUT2D eigenvalue weighted by Crippen LogP contribution is 2.34. The second-order valence-corrected chi connectivity index (χ2v) is 8.12. The zero-order chi connectivity index (χ0) is 18.9. The van der Waals surface area contributed by atoms with Gasteiger partial charge < -0.3 is 4.90 Å². The number of fused-ring (bicyclic) bond motifs is 2. The molecule has 2 aromatic rings. The highest BCUT2D eigenvalue weighted by Gasteiger charge is 2.42. The van der Waals surface area contributed by atoms with Gasteiger partial charge in [0.2, 0.25) is 0 Å². The van der Waals surface area contributed by atoms with Crippen molar-refractivity contribution in [3.05, 3.63) is 65.5 Å². The minimum absolute atomic E-state index is 0.691. The van der Waals surface area contributed by atoms with Crippen molar-refractivity contribution in [1.82, 2.24) is 9.88 Å². The van der Waals surface area contributed by atoms with Crippen LogP contribution in [0.15, 0.2) is 59.4 Å². The third-order valence-corrected chi connectivity index (χ3v) is 6.44. The summed E-state index contributed by atoms with van der Waals surface area (Å²) in [6.07, 6.45) is 9.58. The van der Waals surface area contributed by atoms with E-state index in [1.54, 1.807) is 0 Å². The monoisotopic (exact) mass is 372 g/mol. The molecule has 4 nitrogen and oxygen atoms in total. The van der Waals surface area contributed by atoms with Crippen molar-refractivity contribution < 1.29 is 0 Å². The van der Waals surface area contributed by atoms with Gasteiger partial charge in [-0.15, -0.1) is 0 Å². The molecule has 5 rings (SSSR count). The minimum Gasteiger partial charge on any atom is -0.366 e. The Morgan fingerprint density at radius 1 is 1.11 bits per heavy atom. The lowest BCUT2D eigenvalue weighted by Crippen LogP contribution is -2.46. The minimum atomic E-state index is 0.691. The lowest BCUT2D eigenvalue weighted by Gasteiger charge is -2.35. The number of benzene rings is 1. The summed E-state index contributed by atoms with van der Waals surface area (Å²) in [5.41, 5.74) is 6.19. The Labute approximate surface area is 167 Å². The molecular formula is C24H28N4. The number of likely N-dealkylation sites (N-methyl/N-ethyl adjacent to an activating group) is 1. The van der Waals surface area contributed by atoms with Crippen LogP contribution in [-0.4, -0.2) is 53.9 Å². The largest absolute Gasteiger partial charge is 0.366 e. The molecule has 3 aliphatic heterocycles. The van der Waals surface area contributed by atoms with Gasteiger partial charge in [-0.25, -0.2) is 0 Å². The summed E-state index contributed by atoms with van der Waals surface area (Å²) in [4.78, 5) is 14.3. The standard InChI is InChI=1S/C24H28N4/c1-2-27-16-23-14-22(27)17-28(23)21-9-7-18(8-10-21)13-19-5-4-12-26-24(19)20-6-3-11-25-15-20/h3,6-11,13,15,22-23H,2,4-5,12,14,16-17H2,1H3/b19-13+/t22-,23-/m1/s1. The molecule has 1 aromatic heterocycles. The summed E-state index contributed by atoms with van der Waals surface area (Å²) in [7, 11) is 0. The van der Waals surface area contributed by atoms with Crippen molar-refractivity contribution in [3.63, 3.8) is 0 Å². The zero-order valence-electron chi connectivity index (χ0n) is 16.6. The number of nitrogens with zero attached hydrogens (tertiary/aromatic N) is 4. The Balaban J connectivity index is 1.35. The Hall–Kier alpha value is -2.46. The van der Waals surface area contributed by atoms with E-state index in [-0.39, 0.29) is 0 Å². The molecule has 2 atom stereocenters. The summed E-state index contributed by atoms with van der Waals surface area (Å²) < 4.78 is 0. The van der Waals surface area contributed by atoms with Crippen molar-refractivity contribution >= 4 is 17.5 Å². The van der Waals surface area contributed by atoms with Crippen LogP contribution in [0.1, 0.15) is 37.3 Å². The van der Waals surface area contributed by atoms with Gasteiger partial charge in [-0.2, -0.15) is 0 Å². The lowest BCUT2D eigenvalue weighted by molar-refractivity contribution is 0.251. The summed E-state index contributed by atoms with van der Waals surface area (Å²) >= 11 is 0. The van der Waals surface area contributed by atoms with Crippen LogP contribution in [0, 0.1) is 0 Å². The molecule has 144 valence electrons. The molecule has 0 saturated carbocycles. The predicted molar refractivity (Wildman–Crippen MR) is 116 cm³/mol. The first kappa shape index (κ1) is 17.6. The number of anilines is 1. The highest BCUT2D eigenvalue weighted by molar-refractivity contribution is 6.15. The number of hydrogen-bond donors (Lipinski definition) is 0. The van der Waals surface area contributed by atoms with Crippen LogP contribution >= 0.6 is 0 Å². The van der Waals surface area contributed by atoms with Crippen LogP contribution in [0.3, 0.4) is 0 Å². The van der Waals surface area contributed by atoms with Crippen LogP contribution < -0.4 is 4.90 Å². The third kappa shape index (κ3) is 3.26. The third-order valence-electron chi connectivity index (χ3n) is 6.44. The van der Waals surface area contributed by atoms with Gasteiger partial charge in [0.25, 0.3) is 0 Å². The maximum Gasteiger partial charge on any atom is 0.0694 e. The molecule has 28 heavy (non-hydrogen) atoms. The fraction of sp³-hybridized carbons (Fsp3) is 0.417. The quantitative estimate of drug-likeness (QED) is 0.812. The smallest absolute Gasteiger partial charge is 0.0694 e. The number of piperazine rings is 1. The summed E-state index contributed by atoms with van der Waals surface area (Å²) in [6.45, 7) is 6.77. The van der Waals surface area contributed by atoms with Crippen LogP contribution in [-0.2, 0) is 0 Å². The number of hydrogen-bond acceptors (Lipinski definition) is 4. The number of pyridine rings is 1. The van der Waals surface area contributed by atoms with Gasteiger partial charge in [0.15, 0.2) is 0 Å². The summed E-state index contributed by atoms with van der Waals surface area (Å²) in [5, 5.41) is 0. The first-order valence-electron chi connectivity index (χ1n) is 10.6. The molecule has 3 aliphatic rings. The van der Waals surface area contributed by atoms with E-state index in [1.165, 1.54) is 42.9 Å². The second-order valence-electron chi connectivity index (χ2n) is 8.12. The number of aromatic nitrogens is 1. The Morgan fingerprint density at radius 3 is 2.71 bits per heavy atom. The summed E-state index contributed by atoms with van der Waals surface area (Å²) in [6, 6.07) is 14.7. The van der Waals surface area contributed by atoms with Gasteiger partial charge in [0, 0.05) is 55.4 Å². The maximum absolute atomic E-state index is 4.79. The molecule has 0 spiro atoms. The number of aliphatic imine (C=N–C) groups is 1. The number of allylic oxidation sites excluding steroid dienone is 1. The molecule has 2 saturated heterocycles. The first-order valence-corrected chi connectivity index (χ1v) is 10.6. The van der Waals surface area contributed by atoms with Crippen molar-refractivity contribution in [2.24, 2.45) is 4.99 Å². The van der Waals surface area contributed by atoms with Gasteiger partial charge >= 0.3 is 0 Å². The van der Waals surface area contributed by atoms with Crippen molar-refractivity contribution in [2.45, 2.75) is 38.3 Å². The predicted octanol–water partition coefficient (Wildman–Crippen LogP) is 4.03. The van der Waals surface area contributed by atoms with E-state index in [2.05, 4.69) is 58.1 Å². The Kier molecular flexibility index (Phi) is 4.73. The van der Waals surface area contributed by atoms with Gasteiger partial charge in [0.1, 0.15) is 0 Å². The van der Waals surface area contributed by atoms with E-state index >= 15 is 0 Å². The fourth-order valence-corrected chi connectivity index (χ4v) is 5.02. The van der Waals surface area contributed by atoms with Crippen molar-refractivity contribution in [1.29, 1.82) is 0 Å². The lowest BCUT2D eigenvalue weighted by atomic mass is 9.95. The molecule has 2 bridgehead atoms. The van der Waals surface area contributed by atoms with Gasteiger partial charge in [-0.1, -0.05) is 19.1 Å². The molecule has 1 aromatic carbocycles. The van der Waals surface area contributed by atoms with Crippen LogP contribution in [0.25, 0.3) is 6.08 Å². The van der Waals surface area contributed by atoms with Crippen molar-refractivity contribution in [3.8, 4) is 0 Å². The number of likely N-dealkylation sites (tertiary alicyclic amines) is 1. The van der Waals surface area contributed by atoms with E-state index < -0.39 is 0 Å². The van der Waals surface area contributed by atoms with E-state index in [4.69, 9.17) is 4.99 Å². The van der Waals surface area contributed by atoms with Crippen molar-refractivity contribution in [2.75, 3.05) is 31.1 Å². The normalized spacial score (nSPS) is 26.1. The Morgan fingerprint density at radius 2 is 2.00 bits per heavy atom. The van der Waals surface area contributed by atoms with E-state index in [0.717, 1.165) is 36.7 Å². The molecule has 0 amide bonds. The molecule has 0 radical (unpaired) electrons. The molecule has 0 aliphatic carbocycles. The topological polar surface area (TPSA) is 31.7 Å². The average Bonchev–Trinajstić information content (AvgIpc) is 3.36. The first-order chi connectivity index (χ1) is 13.8. The van der Waals surface area contributed by atoms with E-state index in [9.17, 15) is 0 Å². The maximum atomic E-state index is 4.79. The van der Waals surface area contributed by atoms with Gasteiger partial charge in [-0.3, -0.25) is 14.9 Å². The van der Waals surface area contributed by atoms with Crippen LogP contribution in [0.2, 0.25) is 0 Å². The number of rotatable bonds is 4. The Bertz CT molecular complexity index is 885. The fourth-order valence-electron chi connectivity index (χ4n) is 5.02. The van der Waals surface area contributed by atoms with E-state index in [1.807, 2.05) is 18.5 Å². The van der Waals surface area contributed by atoms with Gasteiger partial charge in [-0.05, 0) is 67.3 Å². The average molecular weight is 373 g/mol. The summed E-state index contributed by atoms with van der Waals surface area (Å²) in [5.74, 6) is 0. The highest BCUT2D eigenvalue weighted by atomic mass is 15.3. The van der Waals surface area contributed by atoms with E-state index in [0.29, 0.717) is 6.04 Å². The zero-order valence-corrected chi connectivity index (χ0v) is 16.6. The SMILES string of the molecule is CCN1C[C@H]2C[C@@H]1CN2c1ccc(/C=C2\CCCN=C2c2cccnc2)cc1. The van der Waals surface area contributed by atoms with Crippen LogP contribution in [0.5, 0.6) is 0 Å². The molecule has 2 fully saturated rings. The molecule has 0 unspecified atom stereocenters. The molecule has 0 N–H and O–H groups in total. The van der Waals surface area contributed by atoms with Crippen LogP contribution in [0.4, 0.5) is 5.69 Å². The molecule has 4 heterocycles. The molecule has 4 heteroatoms. The van der Waals surface area contributed by atoms with Gasteiger partial charge in [0.05, 0.1) is 5.71 Å².